The van der Waals surface area contributed by atoms with Gasteiger partial charge in [0.25, 0.3) is 0 Å². The lowest BCUT2D eigenvalue weighted by atomic mass is 10.2. The third-order valence-corrected chi connectivity index (χ3v) is 2.83. The third kappa shape index (κ3) is 4.22. The Kier molecular flexibility index (Phi) is 5.21. The van der Waals surface area contributed by atoms with Crippen LogP contribution in [0.5, 0.6) is 5.75 Å². The Balaban J connectivity index is 2.02. The summed E-state index contributed by atoms with van der Waals surface area (Å²) in [5.74, 6) is -1.82. The van der Waals surface area contributed by atoms with Crippen LogP contribution in [0.3, 0.4) is 0 Å². The van der Waals surface area contributed by atoms with Crippen molar-refractivity contribution in [2.24, 2.45) is 7.05 Å². The molecule has 0 saturated carbocycles. The van der Waals surface area contributed by atoms with Crippen molar-refractivity contribution in [3.8, 4) is 5.75 Å². The fraction of sp³-hybridized carbons (Fsp3) is 0.429. The predicted octanol–water partition coefficient (Wildman–Crippen LogP) is 2.17. The van der Waals surface area contributed by atoms with Crippen molar-refractivity contribution in [2.45, 2.75) is 26.5 Å². The molecule has 0 aliphatic heterocycles. The number of hydrogen-bond acceptors (Lipinski definition) is 4. The van der Waals surface area contributed by atoms with E-state index in [4.69, 9.17) is 4.74 Å². The molecule has 2 rings (SSSR count). The molecule has 7 heteroatoms. The van der Waals surface area contributed by atoms with Gasteiger partial charge in [0, 0.05) is 13.6 Å². The quantitative estimate of drug-likeness (QED) is 0.796. The van der Waals surface area contributed by atoms with Crippen LogP contribution >= 0.6 is 0 Å². The van der Waals surface area contributed by atoms with Crippen LogP contribution in [0.4, 0.5) is 8.78 Å². The summed E-state index contributed by atoms with van der Waals surface area (Å²) in [7, 11) is 1.70. The van der Waals surface area contributed by atoms with Gasteiger partial charge >= 0.3 is 0 Å². The molecule has 0 aliphatic carbocycles. The Morgan fingerprint density at radius 1 is 1.29 bits per heavy atom. The van der Waals surface area contributed by atoms with E-state index >= 15 is 0 Å². The molecule has 0 aliphatic rings. The highest BCUT2D eigenvalue weighted by Crippen LogP contribution is 2.24. The molecule has 0 amide bonds. The SMILES string of the molecule is CCCNCc1cc(F)c(OCc2cn(C)nn2)c(F)c1. The van der Waals surface area contributed by atoms with E-state index in [0.717, 1.165) is 13.0 Å². The molecule has 0 bridgehead atoms. The molecule has 0 saturated heterocycles. The first kappa shape index (κ1) is 15.4. The maximum absolute atomic E-state index is 13.9. The highest BCUT2D eigenvalue weighted by atomic mass is 19.1. The first-order valence-electron chi connectivity index (χ1n) is 6.76. The molecule has 2 aromatic rings. The molecule has 0 spiro atoms. The number of nitrogens with zero attached hydrogens (tertiary/aromatic N) is 3. The van der Waals surface area contributed by atoms with Gasteiger partial charge in [0.05, 0.1) is 6.20 Å². The highest BCUT2D eigenvalue weighted by Gasteiger charge is 2.13. The van der Waals surface area contributed by atoms with Gasteiger partial charge in [-0.05, 0) is 30.7 Å². The summed E-state index contributed by atoms with van der Waals surface area (Å²) in [6, 6.07) is 2.55. The number of halogens is 2. The normalized spacial score (nSPS) is 10.9. The van der Waals surface area contributed by atoms with Gasteiger partial charge in [0.1, 0.15) is 12.3 Å². The molecule has 1 aromatic heterocycles. The average Bonchev–Trinajstić information content (AvgIpc) is 2.84. The van der Waals surface area contributed by atoms with E-state index in [-0.39, 0.29) is 12.4 Å². The highest BCUT2D eigenvalue weighted by molar-refractivity contribution is 5.31. The van der Waals surface area contributed by atoms with Gasteiger partial charge in [-0.25, -0.2) is 8.78 Å². The second kappa shape index (κ2) is 7.12. The summed E-state index contributed by atoms with van der Waals surface area (Å²) >= 11 is 0. The molecule has 21 heavy (non-hydrogen) atoms. The van der Waals surface area contributed by atoms with Gasteiger partial charge in [-0.2, -0.15) is 0 Å². The van der Waals surface area contributed by atoms with E-state index in [2.05, 4.69) is 15.6 Å². The van der Waals surface area contributed by atoms with Crippen molar-refractivity contribution in [1.82, 2.24) is 20.3 Å². The maximum atomic E-state index is 13.9. The fourth-order valence-electron chi connectivity index (χ4n) is 1.87. The Bertz CT molecular complexity index is 577. The van der Waals surface area contributed by atoms with Crippen molar-refractivity contribution in [2.75, 3.05) is 6.54 Å². The van der Waals surface area contributed by atoms with E-state index in [1.807, 2.05) is 6.92 Å². The zero-order valence-corrected chi connectivity index (χ0v) is 12.1. The molecule has 0 unspecified atom stereocenters. The minimum atomic E-state index is -0.716. The van der Waals surface area contributed by atoms with Crippen LogP contribution in [0.1, 0.15) is 24.6 Å². The fourth-order valence-corrected chi connectivity index (χ4v) is 1.87. The number of nitrogens with one attached hydrogen (secondary N) is 1. The van der Waals surface area contributed by atoms with Crippen molar-refractivity contribution < 1.29 is 13.5 Å². The summed E-state index contributed by atoms with van der Waals surface area (Å²) in [4.78, 5) is 0. The van der Waals surface area contributed by atoms with E-state index in [9.17, 15) is 8.78 Å². The van der Waals surface area contributed by atoms with Gasteiger partial charge in [-0.1, -0.05) is 12.1 Å². The monoisotopic (exact) mass is 296 g/mol. The zero-order chi connectivity index (χ0) is 15.2. The molecular formula is C14H18F2N4O. The third-order valence-electron chi connectivity index (χ3n) is 2.83. The van der Waals surface area contributed by atoms with Crippen LogP contribution in [-0.4, -0.2) is 21.5 Å². The van der Waals surface area contributed by atoms with E-state index in [1.54, 1.807) is 13.2 Å². The predicted molar refractivity (Wildman–Crippen MR) is 73.7 cm³/mol. The smallest absolute Gasteiger partial charge is 0.191 e. The van der Waals surface area contributed by atoms with Crippen LogP contribution in [0, 0.1) is 11.6 Å². The molecule has 1 N–H and O–H groups in total. The second-order valence-corrected chi connectivity index (χ2v) is 4.74. The summed E-state index contributed by atoms with van der Waals surface area (Å²) in [6.07, 6.45) is 2.59. The van der Waals surface area contributed by atoms with E-state index in [0.29, 0.717) is 17.8 Å². The molecule has 1 heterocycles. The number of aromatic nitrogens is 3. The molecule has 5 nitrogen and oxygen atoms in total. The standard InChI is InChI=1S/C14H18F2N4O/c1-3-4-17-7-10-5-12(15)14(13(16)6-10)21-9-11-8-20(2)19-18-11/h5-6,8,17H,3-4,7,9H2,1-2H3. The number of hydrogen-bond donors (Lipinski definition) is 1. The summed E-state index contributed by atoms with van der Waals surface area (Å²) in [5.41, 5.74) is 1.05. The Morgan fingerprint density at radius 2 is 2.00 bits per heavy atom. The topological polar surface area (TPSA) is 52.0 Å². The van der Waals surface area contributed by atoms with Crippen LogP contribution in [-0.2, 0) is 20.2 Å². The first-order chi connectivity index (χ1) is 10.1. The van der Waals surface area contributed by atoms with E-state index in [1.165, 1.54) is 16.8 Å². The zero-order valence-electron chi connectivity index (χ0n) is 12.1. The van der Waals surface area contributed by atoms with Crippen LogP contribution in [0.15, 0.2) is 18.3 Å². The summed E-state index contributed by atoms with van der Waals surface area (Å²) in [5, 5.41) is 10.6. The minimum Gasteiger partial charge on any atom is -0.481 e. The summed E-state index contributed by atoms with van der Waals surface area (Å²) in [6.45, 7) is 3.22. The number of rotatable bonds is 7. The van der Waals surface area contributed by atoms with Gasteiger partial charge in [0.2, 0.25) is 0 Å². The van der Waals surface area contributed by atoms with Crippen molar-refractivity contribution in [3.63, 3.8) is 0 Å². The Morgan fingerprint density at radius 3 is 2.57 bits per heavy atom. The lowest BCUT2D eigenvalue weighted by molar-refractivity contribution is 0.269. The Labute approximate surface area is 121 Å². The molecule has 114 valence electrons. The van der Waals surface area contributed by atoms with Gasteiger partial charge in [-0.3, -0.25) is 4.68 Å². The lowest BCUT2D eigenvalue weighted by Crippen LogP contribution is -2.14. The van der Waals surface area contributed by atoms with Gasteiger partial charge in [-0.15, -0.1) is 5.10 Å². The molecule has 1 aromatic carbocycles. The Hall–Kier alpha value is -2.02. The molecule has 0 radical (unpaired) electrons. The lowest BCUT2D eigenvalue weighted by Gasteiger charge is -2.09. The number of benzene rings is 1. The maximum Gasteiger partial charge on any atom is 0.191 e. The van der Waals surface area contributed by atoms with Crippen LogP contribution in [0.25, 0.3) is 0 Å². The summed E-state index contributed by atoms with van der Waals surface area (Å²) < 4.78 is 34.4. The van der Waals surface area contributed by atoms with Crippen LogP contribution < -0.4 is 10.1 Å². The van der Waals surface area contributed by atoms with Gasteiger partial charge < -0.3 is 10.1 Å². The van der Waals surface area contributed by atoms with Gasteiger partial charge in [0.15, 0.2) is 17.4 Å². The largest absolute Gasteiger partial charge is 0.481 e. The van der Waals surface area contributed by atoms with Crippen molar-refractivity contribution in [3.05, 3.63) is 41.2 Å². The minimum absolute atomic E-state index is 0.0326. The number of aryl methyl sites for hydroxylation is 1. The number of ether oxygens (including phenoxy) is 1. The van der Waals surface area contributed by atoms with Crippen LogP contribution in [0.2, 0.25) is 0 Å². The molecule has 0 fully saturated rings. The van der Waals surface area contributed by atoms with Crippen molar-refractivity contribution >= 4 is 0 Å². The van der Waals surface area contributed by atoms with Crippen molar-refractivity contribution in [1.29, 1.82) is 0 Å². The molecule has 0 atom stereocenters. The first-order valence-corrected chi connectivity index (χ1v) is 6.76. The average molecular weight is 296 g/mol. The van der Waals surface area contributed by atoms with E-state index < -0.39 is 11.6 Å². The molecular weight excluding hydrogens is 278 g/mol. The second-order valence-electron chi connectivity index (χ2n) is 4.74.